The first-order chi connectivity index (χ1) is 18.8. The van der Waals surface area contributed by atoms with E-state index in [1.54, 1.807) is 24.3 Å². The highest BCUT2D eigenvalue weighted by Crippen LogP contribution is 2.33. The highest BCUT2D eigenvalue weighted by Gasteiger charge is 2.37. The van der Waals surface area contributed by atoms with Gasteiger partial charge in [0.05, 0.1) is 22.9 Å². The van der Waals surface area contributed by atoms with E-state index < -0.39 is 21.8 Å². The molecule has 3 N–H and O–H groups in total. The number of thiazole rings is 1. The number of ether oxygens (including phenoxy) is 1. The predicted octanol–water partition coefficient (Wildman–Crippen LogP) is 2.89. The van der Waals surface area contributed by atoms with Gasteiger partial charge in [0.15, 0.2) is 20.7 Å². The number of hydrogen-bond donors (Lipinski definition) is 3. The molecule has 0 bridgehead atoms. The second-order valence-corrected chi connectivity index (χ2v) is 12.9. The lowest BCUT2D eigenvalue weighted by Crippen LogP contribution is -2.25. The summed E-state index contributed by atoms with van der Waals surface area (Å²) in [6, 6.07) is 9.61. The number of benzene rings is 1. The number of sulfone groups is 1. The van der Waals surface area contributed by atoms with Gasteiger partial charge in [-0.05, 0) is 63.9 Å². The summed E-state index contributed by atoms with van der Waals surface area (Å²) in [5.74, 6) is -0.0790. The van der Waals surface area contributed by atoms with Crippen LogP contribution < -0.4 is 15.4 Å². The van der Waals surface area contributed by atoms with E-state index >= 15 is 0 Å². The minimum atomic E-state index is -3.36. The zero-order valence-corrected chi connectivity index (χ0v) is 23.1. The van der Waals surface area contributed by atoms with Crippen molar-refractivity contribution in [3.05, 3.63) is 42.0 Å². The summed E-state index contributed by atoms with van der Waals surface area (Å²) in [5.41, 5.74) is 0.993. The summed E-state index contributed by atoms with van der Waals surface area (Å²) in [7, 11) is -1.48. The van der Waals surface area contributed by atoms with Gasteiger partial charge >= 0.3 is 0 Å². The fourth-order valence-electron chi connectivity index (χ4n) is 4.25. The zero-order valence-electron chi connectivity index (χ0n) is 21.5. The number of hydrogen-bond acceptors (Lipinski definition) is 11. The molecule has 11 nitrogen and oxygen atoms in total. The number of carbonyl (C=O) groups is 1. The lowest BCUT2D eigenvalue weighted by molar-refractivity contribution is -0.110. The summed E-state index contributed by atoms with van der Waals surface area (Å²) in [6.07, 6.45) is 3.08. The first-order valence-corrected chi connectivity index (χ1v) is 15.3. The maximum absolute atomic E-state index is 13.4. The number of fused-ring (bicyclic) bond motifs is 1. The van der Waals surface area contributed by atoms with Crippen LogP contribution in [0.15, 0.2) is 46.4 Å². The molecule has 5 rings (SSSR count). The van der Waals surface area contributed by atoms with Gasteiger partial charge in [-0.15, -0.1) is 0 Å². The second kappa shape index (κ2) is 11.9. The number of oxime groups is 1. The monoisotopic (exact) mass is 573 g/mol. The summed E-state index contributed by atoms with van der Waals surface area (Å²) in [4.78, 5) is 28.7. The molecule has 208 valence electrons. The molecular formula is C26H31N5O6S2. The Balaban J connectivity index is 1.34. The van der Waals surface area contributed by atoms with Crippen LogP contribution in [-0.2, 0) is 19.5 Å². The molecule has 1 amide bonds. The van der Waals surface area contributed by atoms with Crippen LogP contribution in [0.2, 0.25) is 0 Å². The lowest BCUT2D eigenvalue weighted by atomic mass is 10.1. The maximum Gasteiger partial charge on any atom is 0.280 e. The van der Waals surface area contributed by atoms with E-state index in [0.717, 1.165) is 13.0 Å². The Morgan fingerprint density at radius 3 is 2.62 bits per heavy atom. The molecule has 0 aliphatic heterocycles. The smallest absolute Gasteiger partial charge is 0.280 e. The van der Waals surface area contributed by atoms with Gasteiger partial charge in [0, 0.05) is 18.1 Å². The Morgan fingerprint density at radius 2 is 1.92 bits per heavy atom. The molecule has 2 aromatic heterocycles. The van der Waals surface area contributed by atoms with Crippen molar-refractivity contribution in [2.45, 2.75) is 60.9 Å². The molecule has 3 aromatic rings. The molecule has 0 spiro atoms. The molecule has 2 atom stereocenters. The van der Waals surface area contributed by atoms with Gasteiger partial charge in [-0.25, -0.2) is 18.4 Å². The number of anilines is 1. The molecule has 1 aromatic carbocycles. The molecule has 0 unspecified atom stereocenters. The van der Waals surface area contributed by atoms with Crippen LogP contribution in [0.4, 0.5) is 5.13 Å². The first kappa shape index (κ1) is 27.4. The molecule has 2 aliphatic rings. The van der Waals surface area contributed by atoms with Crippen molar-refractivity contribution in [1.82, 2.24) is 15.3 Å². The van der Waals surface area contributed by atoms with Crippen molar-refractivity contribution in [3.63, 3.8) is 0 Å². The summed E-state index contributed by atoms with van der Waals surface area (Å²) in [6.45, 7) is 1.37. The molecule has 2 heterocycles. The van der Waals surface area contributed by atoms with Gasteiger partial charge in [0.1, 0.15) is 16.5 Å². The fourth-order valence-corrected chi connectivity index (χ4v) is 6.74. The quantitative estimate of drug-likeness (QED) is 0.169. The fraction of sp³-hybridized carbons (Fsp3) is 0.462. The van der Waals surface area contributed by atoms with Crippen LogP contribution >= 0.6 is 11.3 Å². The minimum Gasteiger partial charge on any atom is -0.478 e. The minimum absolute atomic E-state index is 0.0208. The third kappa shape index (κ3) is 6.72. The number of nitrogens with zero attached hydrogens (tertiary/aromatic N) is 3. The van der Waals surface area contributed by atoms with Crippen molar-refractivity contribution in [2.75, 3.05) is 25.5 Å². The average molecular weight is 574 g/mol. The van der Waals surface area contributed by atoms with E-state index in [2.05, 4.69) is 25.8 Å². The van der Waals surface area contributed by atoms with Crippen LogP contribution in [0.3, 0.4) is 0 Å². The van der Waals surface area contributed by atoms with Crippen molar-refractivity contribution < 1.29 is 27.9 Å². The summed E-state index contributed by atoms with van der Waals surface area (Å²) >= 11 is 1.20. The normalized spacial score (nSPS) is 19.8. The Hall–Kier alpha value is -3.13. The van der Waals surface area contributed by atoms with Crippen molar-refractivity contribution in [1.29, 1.82) is 0 Å². The van der Waals surface area contributed by atoms with E-state index in [0.29, 0.717) is 65.6 Å². The topological polar surface area (TPSA) is 152 Å². The van der Waals surface area contributed by atoms with Crippen LogP contribution in [0.1, 0.15) is 44.1 Å². The van der Waals surface area contributed by atoms with E-state index in [1.807, 2.05) is 7.05 Å². The Kier molecular flexibility index (Phi) is 8.40. The van der Waals surface area contributed by atoms with Crippen LogP contribution in [0.25, 0.3) is 10.3 Å². The number of aliphatic hydroxyl groups is 1. The van der Waals surface area contributed by atoms with E-state index in [9.17, 15) is 18.3 Å². The van der Waals surface area contributed by atoms with Gasteiger partial charge in [-0.2, -0.15) is 0 Å². The van der Waals surface area contributed by atoms with Gasteiger partial charge < -0.3 is 20.0 Å². The Bertz CT molecular complexity index is 1450. The number of pyridine rings is 1. The van der Waals surface area contributed by atoms with Crippen LogP contribution in [-0.4, -0.2) is 72.8 Å². The van der Waals surface area contributed by atoms with Crippen LogP contribution in [0, 0.1) is 0 Å². The van der Waals surface area contributed by atoms with Crippen LogP contribution in [0.5, 0.6) is 5.88 Å². The molecular weight excluding hydrogens is 542 g/mol. The van der Waals surface area contributed by atoms with Gasteiger partial charge in [0.25, 0.3) is 5.91 Å². The van der Waals surface area contributed by atoms with E-state index in [-0.39, 0.29) is 22.0 Å². The lowest BCUT2D eigenvalue weighted by Gasteiger charge is -2.11. The molecule has 0 radical (unpaired) electrons. The zero-order chi connectivity index (χ0) is 27.4. The standard InChI is InChI=1S/C26H31N5O6S2/c1-27-13-2-14-36-22-12-11-21-25(29-22)38-26(28-21)30-24(33)23(31-37-18-6-5-17(32)15-18)16-3-7-19(8-4-16)39(34,35)20-9-10-20/h3-4,7-8,11-12,17-18,20,27,32H,2,5-6,9-10,13-15H2,1H3,(H,28,30,33)/b31-23+/t17-,18-/m1/s1. The summed E-state index contributed by atoms with van der Waals surface area (Å²) < 4.78 is 30.9. The number of aliphatic hydroxyl groups excluding tert-OH is 1. The number of carbonyl (C=O) groups excluding carboxylic acids is 1. The largest absolute Gasteiger partial charge is 0.478 e. The van der Waals surface area contributed by atoms with Gasteiger partial charge in [-0.3, -0.25) is 10.1 Å². The molecule has 13 heteroatoms. The summed E-state index contributed by atoms with van der Waals surface area (Å²) in [5, 5.41) is 19.8. The SMILES string of the molecule is CNCCCOc1ccc2nc(NC(=O)/C(=N/O[C@@H]3CC[C@@H](O)C3)c3ccc(S(=O)(=O)C4CC4)cc3)sc2n1. The van der Waals surface area contributed by atoms with Crippen molar-refractivity contribution >= 4 is 48.3 Å². The maximum atomic E-state index is 13.4. The average Bonchev–Trinajstić information content (AvgIpc) is 3.60. The van der Waals surface area contributed by atoms with Gasteiger partial charge in [0.2, 0.25) is 5.88 Å². The Labute approximate surface area is 230 Å². The van der Waals surface area contributed by atoms with Crippen molar-refractivity contribution in [3.8, 4) is 5.88 Å². The third-order valence-corrected chi connectivity index (χ3v) is 9.71. The van der Waals surface area contributed by atoms with Crippen molar-refractivity contribution in [2.24, 2.45) is 5.16 Å². The van der Waals surface area contributed by atoms with E-state index in [4.69, 9.17) is 9.57 Å². The Morgan fingerprint density at radius 1 is 1.13 bits per heavy atom. The molecule has 39 heavy (non-hydrogen) atoms. The van der Waals surface area contributed by atoms with Gasteiger partial charge in [-0.1, -0.05) is 28.6 Å². The first-order valence-electron chi connectivity index (χ1n) is 13.0. The molecule has 2 aliphatic carbocycles. The third-order valence-electron chi connectivity index (χ3n) is 6.56. The second-order valence-electron chi connectivity index (χ2n) is 9.66. The number of rotatable bonds is 12. The molecule has 0 saturated heterocycles. The highest BCUT2D eigenvalue weighted by atomic mass is 32.2. The molecule has 2 fully saturated rings. The molecule has 2 saturated carbocycles. The number of nitrogens with one attached hydrogen (secondary N) is 2. The predicted molar refractivity (Wildman–Crippen MR) is 148 cm³/mol. The van der Waals surface area contributed by atoms with E-state index in [1.165, 1.54) is 23.5 Å². The number of aromatic nitrogens is 2. The highest BCUT2D eigenvalue weighted by molar-refractivity contribution is 7.92. The number of amides is 1.